The van der Waals surface area contributed by atoms with E-state index in [1.165, 1.54) is 0 Å². The Balaban J connectivity index is 1.80. The number of carbonyl (C=O) groups excluding carboxylic acids is 1. The molecule has 1 aliphatic heterocycles. The third kappa shape index (κ3) is 3.32. The zero-order chi connectivity index (χ0) is 16.4. The maximum absolute atomic E-state index is 12.7. The molecule has 3 rings (SSSR count). The molecule has 122 valence electrons. The van der Waals surface area contributed by atoms with Crippen LogP contribution in [0.2, 0.25) is 0 Å². The van der Waals surface area contributed by atoms with Gasteiger partial charge in [0.2, 0.25) is 5.91 Å². The smallest absolute Gasteiger partial charge is 0.229 e. The van der Waals surface area contributed by atoms with Gasteiger partial charge in [-0.05, 0) is 48.2 Å². The minimum atomic E-state index is -0.259. The number of fused-ring (bicyclic) bond motifs is 1. The summed E-state index contributed by atoms with van der Waals surface area (Å²) in [4.78, 5) is 14.5. The Hall–Kier alpha value is -2.07. The van der Waals surface area contributed by atoms with Crippen molar-refractivity contribution in [2.45, 2.75) is 31.8 Å². The SMILES string of the molecule is COc1ccc2cc([C@H](C)C(=O)N3CCC(O)CC3)ccc2c1. The quantitative estimate of drug-likeness (QED) is 0.948. The van der Waals surface area contributed by atoms with Gasteiger partial charge in [0.1, 0.15) is 5.75 Å². The molecule has 0 aliphatic carbocycles. The van der Waals surface area contributed by atoms with E-state index in [0.29, 0.717) is 25.9 Å². The molecule has 4 nitrogen and oxygen atoms in total. The number of rotatable bonds is 3. The topological polar surface area (TPSA) is 49.8 Å². The third-order valence-electron chi connectivity index (χ3n) is 4.72. The van der Waals surface area contributed by atoms with Crippen molar-refractivity contribution in [3.63, 3.8) is 0 Å². The van der Waals surface area contributed by atoms with Gasteiger partial charge in [-0.25, -0.2) is 0 Å². The first-order valence-electron chi connectivity index (χ1n) is 8.13. The number of benzene rings is 2. The highest BCUT2D eigenvalue weighted by Crippen LogP contribution is 2.26. The number of amides is 1. The molecule has 23 heavy (non-hydrogen) atoms. The summed E-state index contributed by atoms with van der Waals surface area (Å²) in [7, 11) is 1.66. The molecular weight excluding hydrogens is 290 g/mol. The van der Waals surface area contributed by atoms with Crippen molar-refractivity contribution in [3.8, 4) is 5.75 Å². The van der Waals surface area contributed by atoms with Gasteiger partial charge in [0.25, 0.3) is 0 Å². The lowest BCUT2D eigenvalue weighted by molar-refractivity contribution is -0.134. The number of carbonyl (C=O) groups is 1. The summed E-state index contributed by atoms with van der Waals surface area (Å²) in [6.45, 7) is 3.25. The van der Waals surface area contributed by atoms with Crippen molar-refractivity contribution in [3.05, 3.63) is 42.0 Å². The van der Waals surface area contributed by atoms with Crippen molar-refractivity contribution in [2.24, 2.45) is 0 Å². The number of piperidine rings is 1. The standard InChI is InChI=1S/C19H23NO3/c1-13(19(22)20-9-7-17(21)8-10-20)14-3-4-16-12-18(23-2)6-5-15(16)11-14/h3-6,11-13,17,21H,7-10H2,1-2H3/t13-/m0/s1. The number of hydrogen-bond donors (Lipinski definition) is 1. The predicted octanol–water partition coefficient (Wildman–Crippen LogP) is 2.94. The zero-order valence-corrected chi connectivity index (χ0v) is 13.7. The van der Waals surface area contributed by atoms with Crippen LogP contribution >= 0.6 is 0 Å². The van der Waals surface area contributed by atoms with Gasteiger partial charge in [-0.1, -0.05) is 24.3 Å². The van der Waals surface area contributed by atoms with Gasteiger partial charge in [0.05, 0.1) is 19.1 Å². The molecule has 1 aliphatic rings. The van der Waals surface area contributed by atoms with Crippen LogP contribution in [0.25, 0.3) is 10.8 Å². The second kappa shape index (κ2) is 6.59. The molecule has 0 radical (unpaired) electrons. The highest BCUT2D eigenvalue weighted by atomic mass is 16.5. The highest BCUT2D eigenvalue weighted by Gasteiger charge is 2.26. The number of hydrogen-bond acceptors (Lipinski definition) is 3. The molecule has 1 atom stereocenters. The van der Waals surface area contributed by atoms with Crippen LogP contribution < -0.4 is 4.74 Å². The molecule has 0 spiro atoms. The molecule has 1 N–H and O–H groups in total. The lowest BCUT2D eigenvalue weighted by atomic mass is 9.95. The number of nitrogens with zero attached hydrogens (tertiary/aromatic N) is 1. The fraction of sp³-hybridized carbons (Fsp3) is 0.421. The Bertz CT molecular complexity index is 705. The van der Waals surface area contributed by atoms with E-state index in [1.807, 2.05) is 42.2 Å². The van der Waals surface area contributed by atoms with Crippen LogP contribution in [0.1, 0.15) is 31.2 Å². The number of methoxy groups -OCH3 is 1. The third-order valence-corrected chi connectivity index (χ3v) is 4.72. The summed E-state index contributed by atoms with van der Waals surface area (Å²) >= 11 is 0. The van der Waals surface area contributed by atoms with Gasteiger partial charge in [-0.2, -0.15) is 0 Å². The van der Waals surface area contributed by atoms with E-state index < -0.39 is 0 Å². The van der Waals surface area contributed by atoms with Crippen LogP contribution in [-0.2, 0) is 4.79 Å². The average molecular weight is 313 g/mol. The van der Waals surface area contributed by atoms with Crippen LogP contribution in [0.3, 0.4) is 0 Å². The highest BCUT2D eigenvalue weighted by molar-refractivity contribution is 5.88. The molecular formula is C19H23NO3. The van der Waals surface area contributed by atoms with Crippen LogP contribution in [0.5, 0.6) is 5.75 Å². The monoisotopic (exact) mass is 313 g/mol. The van der Waals surface area contributed by atoms with Crippen LogP contribution in [-0.4, -0.2) is 42.2 Å². The van der Waals surface area contributed by atoms with Gasteiger partial charge in [0, 0.05) is 13.1 Å². The molecule has 0 aromatic heterocycles. The fourth-order valence-corrected chi connectivity index (χ4v) is 3.14. The first-order valence-corrected chi connectivity index (χ1v) is 8.13. The Morgan fingerprint density at radius 1 is 1.17 bits per heavy atom. The van der Waals surface area contributed by atoms with E-state index in [4.69, 9.17) is 4.74 Å². The lowest BCUT2D eigenvalue weighted by Crippen LogP contribution is -2.41. The maximum atomic E-state index is 12.7. The summed E-state index contributed by atoms with van der Waals surface area (Å²) in [6.07, 6.45) is 1.09. The largest absolute Gasteiger partial charge is 0.497 e. The maximum Gasteiger partial charge on any atom is 0.229 e. The Morgan fingerprint density at radius 3 is 2.52 bits per heavy atom. The second-order valence-corrected chi connectivity index (χ2v) is 6.25. The average Bonchev–Trinajstić information content (AvgIpc) is 2.60. The summed E-state index contributed by atoms with van der Waals surface area (Å²) in [5.74, 6) is 0.808. The van der Waals surface area contributed by atoms with Crippen molar-refractivity contribution in [1.82, 2.24) is 4.90 Å². The molecule has 4 heteroatoms. The van der Waals surface area contributed by atoms with Gasteiger partial charge in [-0.15, -0.1) is 0 Å². The number of likely N-dealkylation sites (tertiary alicyclic amines) is 1. The molecule has 2 aromatic rings. The van der Waals surface area contributed by atoms with Crippen LogP contribution in [0.4, 0.5) is 0 Å². The number of aliphatic hydroxyl groups excluding tert-OH is 1. The second-order valence-electron chi connectivity index (χ2n) is 6.25. The summed E-state index contributed by atoms with van der Waals surface area (Å²) < 4.78 is 5.24. The molecule has 0 bridgehead atoms. The fourth-order valence-electron chi connectivity index (χ4n) is 3.14. The minimum absolute atomic E-state index is 0.143. The predicted molar refractivity (Wildman–Crippen MR) is 90.7 cm³/mol. The molecule has 1 heterocycles. The van der Waals surface area contributed by atoms with Crippen molar-refractivity contribution in [2.75, 3.05) is 20.2 Å². The number of ether oxygens (including phenoxy) is 1. The van der Waals surface area contributed by atoms with E-state index in [0.717, 1.165) is 22.1 Å². The molecule has 1 amide bonds. The van der Waals surface area contributed by atoms with Gasteiger partial charge >= 0.3 is 0 Å². The van der Waals surface area contributed by atoms with Crippen molar-refractivity contribution in [1.29, 1.82) is 0 Å². The van der Waals surface area contributed by atoms with E-state index in [2.05, 4.69) is 6.07 Å². The van der Waals surface area contributed by atoms with E-state index in [1.54, 1.807) is 7.11 Å². The lowest BCUT2D eigenvalue weighted by Gasteiger charge is -2.31. The van der Waals surface area contributed by atoms with Crippen LogP contribution in [0.15, 0.2) is 36.4 Å². The van der Waals surface area contributed by atoms with Crippen molar-refractivity contribution < 1.29 is 14.6 Å². The summed E-state index contributed by atoms with van der Waals surface area (Å²) in [5, 5.41) is 11.8. The van der Waals surface area contributed by atoms with Gasteiger partial charge < -0.3 is 14.7 Å². The Morgan fingerprint density at radius 2 is 1.83 bits per heavy atom. The summed E-state index contributed by atoms with van der Waals surface area (Å²) in [5.41, 5.74) is 1.03. The van der Waals surface area contributed by atoms with Gasteiger partial charge in [-0.3, -0.25) is 4.79 Å². The first kappa shape index (κ1) is 15.8. The normalized spacial score (nSPS) is 17.3. The number of aliphatic hydroxyl groups is 1. The van der Waals surface area contributed by atoms with Gasteiger partial charge in [0.15, 0.2) is 0 Å². The summed E-state index contributed by atoms with van der Waals surface area (Å²) in [6, 6.07) is 12.1. The molecule has 2 aromatic carbocycles. The van der Waals surface area contributed by atoms with Crippen molar-refractivity contribution >= 4 is 16.7 Å². The molecule has 0 saturated carbocycles. The van der Waals surface area contributed by atoms with Crippen LogP contribution in [0, 0.1) is 0 Å². The Kier molecular flexibility index (Phi) is 4.53. The molecule has 1 saturated heterocycles. The Labute approximate surface area is 136 Å². The zero-order valence-electron chi connectivity index (χ0n) is 13.7. The molecule has 0 unspecified atom stereocenters. The van der Waals surface area contributed by atoms with E-state index in [-0.39, 0.29) is 17.9 Å². The van der Waals surface area contributed by atoms with E-state index >= 15 is 0 Å². The minimum Gasteiger partial charge on any atom is -0.497 e. The molecule has 1 fully saturated rings. The first-order chi connectivity index (χ1) is 11.1. The van der Waals surface area contributed by atoms with E-state index in [9.17, 15) is 9.90 Å².